The number of benzene rings is 2. The Bertz CT molecular complexity index is 2320. The third kappa shape index (κ3) is 23.3. The molecule has 0 bridgehead atoms. The molecule has 0 aromatic heterocycles. The number of nitrogens with two attached hydrogens (primary N) is 1. The summed E-state index contributed by atoms with van der Waals surface area (Å²) in [7, 11) is 0. The molecule has 5 amide bonds. The molecular formula is C52H78N10O16. The van der Waals surface area contributed by atoms with Crippen LogP contribution in [0.2, 0.25) is 0 Å². The zero-order valence-corrected chi connectivity index (χ0v) is 44.0. The van der Waals surface area contributed by atoms with Crippen molar-refractivity contribution in [2.75, 3.05) is 91.6 Å². The van der Waals surface area contributed by atoms with Crippen LogP contribution in [0.25, 0.3) is 10.8 Å². The Morgan fingerprint density at radius 1 is 0.577 bits per heavy atom. The molecule has 1 aliphatic heterocycles. The Labute approximate surface area is 452 Å². The Morgan fingerprint density at radius 3 is 1.72 bits per heavy atom. The number of carboxylic acids is 6. The molecule has 26 heteroatoms. The van der Waals surface area contributed by atoms with Crippen LogP contribution >= 0.6 is 0 Å². The van der Waals surface area contributed by atoms with Crippen LogP contribution in [-0.4, -0.2) is 226 Å². The van der Waals surface area contributed by atoms with E-state index in [4.69, 9.17) is 10.8 Å². The number of carboxylic acid groups (broad SMARTS) is 6. The zero-order chi connectivity index (χ0) is 57.1. The molecule has 2 aromatic carbocycles. The van der Waals surface area contributed by atoms with Gasteiger partial charge in [0.2, 0.25) is 17.7 Å². The molecule has 1 saturated heterocycles. The summed E-state index contributed by atoms with van der Waals surface area (Å²) in [6.45, 7) is 3.26. The predicted octanol–water partition coefficient (Wildman–Crippen LogP) is -0.271. The largest absolute Gasteiger partial charge is 0.481 e. The number of urea groups is 1. The number of hydrogen-bond donors (Lipinski definition) is 12. The van der Waals surface area contributed by atoms with Gasteiger partial charge in [-0.25, -0.2) is 14.4 Å². The molecule has 2 aromatic rings. The van der Waals surface area contributed by atoms with Crippen LogP contribution in [0.5, 0.6) is 0 Å². The molecular weight excluding hydrogens is 1020 g/mol. The third-order valence-electron chi connectivity index (χ3n) is 14.2. The van der Waals surface area contributed by atoms with E-state index in [2.05, 4.69) is 26.6 Å². The zero-order valence-electron chi connectivity index (χ0n) is 44.0. The molecule has 4 rings (SSSR count). The summed E-state index contributed by atoms with van der Waals surface area (Å²) < 4.78 is 0. The number of hydrogen-bond acceptors (Lipinski definition) is 15. The lowest BCUT2D eigenvalue weighted by molar-refractivity contribution is -0.145. The first-order chi connectivity index (χ1) is 37.2. The Hall–Kier alpha value is -7.00. The Balaban J connectivity index is 1.30. The minimum Gasteiger partial charge on any atom is -0.481 e. The first kappa shape index (κ1) is 63.5. The molecule has 1 saturated carbocycles. The van der Waals surface area contributed by atoms with Crippen molar-refractivity contribution < 1.29 is 78.6 Å². The second-order valence-electron chi connectivity index (χ2n) is 20.0. The fraction of sp³-hybridized carbons (Fsp3) is 0.615. The van der Waals surface area contributed by atoms with E-state index >= 15 is 0 Å². The van der Waals surface area contributed by atoms with Crippen molar-refractivity contribution in [3.63, 3.8) is 0 Å². The summed E-state index contributed by atoms with van der Waals surface area (Å²) >= 11 is 0. The fourth-order valence-corrected chi connectivity index (χ4v) is 9.72. The number of amides is 5. The predicted molar refractivity (Wildman–Crippen MR) is 282 cm³/mol. The van der Waals surface area contributed by atoms with Crippen molar-refractivity contribution in [2.24, 2.45) is 17.6 Å². The van der Waals surface area contributed by atoms with Crippen LogP contribution in [0, 0.1) is 11.8 Å². The van der Waals surface area contributed by atoms with Crippen LogP contribution in [0.4, 0.5) is 4.79 Å². The van der Waals surface area contributed by atoms with E-state index in [9.17, 15) is 73.5 Å². The molecule has 2 fully saturated rings. The van der Waals surface area contributed by atoms with Crippen LogP contribution in [0.1, 0.15) is 76.2 Å². The van der Waals surface area contributed by atoms with E-state index in [-0.39, 0.29) is 102 Å². The first-order valence-corrected chi connectivity index (χ1v) is 26.6. The average molecular weight is 1100 g/mol. The number of nitrogens with one attached hydrogen (secondary N) is 5. The smallest absolute Gasteiger partial charge is 0.326 e. The van der Waals surface area contributed by atoms with Crippen molar-refractivity contribution in [1.29, 1.82) is 0 Å². The maximum Gasteiger partial charge on any atom is 0.326 e. The molecule has 0 radical (unpaired) electrons. The summed E-state index contributed by atoms with van der Waals surface area (Å²) in [5.41, 5.74) is 6.60. The molecule has 13 N–H and O–H groups in total. The molecule has 2 aliphatic rings. The number of carbonyl (C=O) groups is 10. The van der Waals surface area contributed by atoms with Gasteiger partial charge in [-0.3, -0.25) is 53.2 Å². The number of nitrogens with zero attached hydrogens (tertiary/aromatic N) is 4. The summed E-state index contributed by atoms with van der Waals surface area (Å²) in [6, 6.07) is 7.27. The maximum atomic E-state index is 13.8. The van der Waals surface area contributed by atoms with Crippen molar-refractivity contribution in [2.45, 2.75) is 101 Å². The number of aliphatic carboxylic acids is 6. The lowest BCUT2D eigenvalue weighted by Crippen LogP contribution is -2.52. The molecule has 4 atom stereocenters. The van der Waals surface area contributed by atoms with Crippen LogP contribution in [0.15, 0.2) is 42.5 Å². The van der Waals surface area contributed by atoms with E-state index < -0.39 is 90.7 Å². The highest BCUT2D eigenvalue weighted by molar-refractivity contribution is 5.90. The second kappa shape index (κ2) is 33.3. The molecule has 1 aliphatic carbocycles. The van der Waals surface area contributed by atoms with Gasteiger partial charge in [-0.05, 0) is 80.0 Å². The Morgan fingerprint density at radius 2 is 1.15 bits per heavy atom. The number of unbranched alkanes of at least 4 members (excludes halogenated alkanes) is 1. The molecule has 1 heterocycles. The van der Waals surface area contributed by atoms with Crippen LogP contribution in [0.3, 0.4) is 0 Å². The first-order valence-electron chi connectivity index (χ1n) is 26.6. The van der Waals surface area contributed by atoms with Gasteiger partial charge in [0, 0.05) is 104 Å². The van der Waals surface area contributed by atoms with Crippen molar-refractivity contribution >= 4 is 70.3 Å². The molecule has 26 nitrogen and oxygen atoms in total. The maximum absolute atomic E-state index is 13.8. The summed E-state index contributed by atoms with van der Waals surface area (Å²) in [6.07, 6.45) is 1.60. The van der Waals surface area contributed by atoms with Gasteiger partial charge in [0.1, 0.15) is 24.2 Å². The van der Waals surface area contributed by atoms with Gasteiger partial charge in [-0.1, -0.05) is 42.5 Å². The number of carbonyl (C=O) groups excluding carboxylic acids is 4. The van der Waals surface area contributed by atoms with E-state index in [0.717, 1.165) is 16.3 Å². The highest BCUT2D eigenvalue weighted by atomic mass is 16.4. The van der Waals surface area contributed by atoms with Crippen molar-refractivity contribution in [3.05, 3.63) is 48.0 Å². The van der Waals surface area contributed by atoms with Crippen molar-refractivity contribution in [1.82, 2.24) is 46.2 Å². The molecule has 0 spiro atoms. The summed E-state index contributed by atoms with van der Waals surface area (Å²) in [4.78, 5) is 131. The molecule has 4 unspecified atom stereocenters. The van der Waals surface area contributed by atoms with Gasteiger partial charge in [-0.2, -0.15) is 0 Å². The molecule has 432 valence electrons. The van der Waals surface area contributed by atoms with Gasteiger partial charge >= 0.3 is 41.8 Å². The van der Waals surface area contributed by atoms with Gasteiger partial charge in [0.05, 0.1) is 13.1 Å². The minimum atomic E-state index is -1.56. The van der Waals surface area contributed by atoms with E-state index in [1.54, 1.807) is 14.7 Å². The number of rotatable bonds is 30. The Kier molecular flexibility index (Phi) is 27.1. The summed E-state index contributed by atoms with van der Waals surface area (Å²) in [5.74, 6) is -8.91. The van der Waals surface area contributed by atoms with Gasteiger partial charge < -0.3 is 63.0 Å². The lowest BCUT2D eigenvalue weighted by Gasteiger charge is -2.35. The normalized spacial score (nSPS) is 18.8. The lowest BCUT2D eigenvalue weighted by atomic mass is 9.81. The van der Waals surface area contributed by atoms with Crippen LogP contribution in [-0.2, 0) is 49.6 Å². The average Bonchev–Trinajstić information content (AvgIpc) is 3.38. The monoisotopic (exact) mass is 1100 g/mol. The van der Waals surface area contributed by atoms with Gasteiger partial charge in [-0.15, -0.1) is 0 Å². The van der Waals surface area contributed by atoms with Gasteiger partial charge in [0.15, 0.2) is 0 Å². The summed E-state index contributed by atoms with van der Waals surface area (Å²) in [5, 5.41) is 72.4. The minimum absolute atomic E-state index is 0.0250. The third-order valence-corrected chi connectivity index (χ3v) is 14.2. The quantitative estimate of drug-likeness (QED) is 0.0448. The van der Waals surface area contributed by atoms with E-state index in [1.165, 1.54) is 0 Å². The molecule has 78 heavy (non-hydrogen) atoms. The highest BCUT2D eigenvalue weighted by Crippen LogP contribution is 2.29. The van der Waals surface area contributed by atoms with Crippen molar-refractivity contribution in [3.8, 4) is 0 Å². The second-order valence-corrected chi connectivity index (χ2v) is 20.0. The van der Waals surface area contributed by atoms with E-state index in [1.807, 2.05) is 47.4 Å². The SMILES string of the molecule is NCCN1CCN(CC(=O)O)CCN(C(CCC(=O)NCC2CCC(C(=O)NC(Cc3ccc4ccccc4c3)C(=O)NCCCCC(NC(=O)NC(CCC(=O)O)C(=O)O)C(=O)O)CC2)C(=O)O)CCN(CC(=O)O)CC1. The highest BCUT2D eigenvalue weighted by Gasteiger charge is 2.32. The standard InChI is InChI=1S/C52H78N10O16/c53-18-20-59-21-23-60(32-45(66)67)25-27-62(28-26-61(24-22-59)33-46(68)69)42(51(76)77)15-16-43(63)55-31-34-8-12-37(13-9-34)47(70)56-41(30-35-10-11-36-5-1-2-6-38(36)29-35)48(71)54-19-4-3-7-39(49(72)73)57-52(78)58-40(50(74)75)14-17-44(64)65/h1-2,5-6,10-11,29,34,37,39-42H,3-4,7-9,12-28,30-33,53H2,(H,54,71)(H,55,63)(H,56,70)(H,64,65)(H,66,67)(H,68,69)(H,72,73)(H,74,75)(H,76,77)(H2,57,58,78). The van der Waals surface area contributed by atoms with Crippen LogP contribution < -0.4 is 32.3 Å². The number of fused-ring (bicyclic) bond motifs is 1. The fourth-order valence-electron chi connectivity index (χ4n) is 9.72. The van der Waals surface area contributed by atoms with Gasteiger partial charge in [0.25, 0.3) is 0 Å². The van der Waals surface area contributed by atoms with E-state index in [0.29, 0.717) is 71.5 Å². The topological polar surface area (TPSA) is 391 Å².